The second-order valence-electron chi connectivity index (χ2n) is 5.05. The Kier molecular flexibility index (Phi) is 3.64. The third-order valence-electron chi connectivity index (χ3n) is 3.95. The zero-order valence-corrected chi connectivity index (χ0v) is 11.3. The summed E-state index contributed by atoms with van der Waals surface area (Å²) in [5, 5.41) is 12.0. The van der Waals surface area contributed by atoms with E-state index in [1.807, 2.05) is 6.92 Å². The molecule has 1 fully saturated rings. The predicted molar refractivity (Wildman–Crippen MR) is 69.4 cm³/mol. The van der Waals surface area contributed by atoms with E-state index in [9.17, 15) is 9.59 Å². The third-order valence-corrected chi connectivity index (χ3v) is 3.95. The van der Waals surface area contributed by atoms with Gasteiger partial charge in [0.15, 0.2) is 5.76 Å². The van der Waals surface area contributed by atoms with Crippen molar-refractivity contribution in [1.29, 1.82) is 0 Å². The van der Waals surface area contributed by atoms with Crippen LogP contribution >= 0.6 is 0 Å². The monoisotopic (exact) mass is 265 g/mol. The van der Waals surface area contributed by atoms with E-state index in [-0.39, 0.29) is 22.8 Å². The molecule has 0 unspecified atom stereocenters. The van der Waals surface area contributed by atoms with Gasteiger partial charge in [-0.3, -0.25) is 4.79 Å². The fourth-order valence-electron chi connectivity index (χ4n) is 2.46. The number of carbonyl (C=O) groups excluding carboxylic acids is 1. The molecule has 1 aliphatic carbocycles. The van der Waals surface area contributed by atoms with Gasteiger partial charge in [0.05, 0.1) is 0 Å². The molecule has 104 valence electrons. The molecule has 2 N–H and O–H groups in total. The van der Waals surface area contributed by atoms with Crippen molar-refractivity contribution in [2.24, 2.45) is 0 Å². The lowest BCUT2D eigenvalue weighted by Crippen LogP contribution is -2.52. The van der Waals surface area contributed by atoms with E-state index in [4.69, 9.17) is 9.52 Å². The molecule has 0 spiro atoms. The van der Waals surface area contributed by atoms with E-state index >= 15 is 0 Å². The van der Waals surface area contributed by atoms with Gasteiger partial charge < -0.3 is 14.8 Å². The van der Waals surface area contributed by atoms with Crippen LogP contribution in [-0.4, -0.2) is 22.5 Å². The summed E-state index contributed by atoms with van der Waals surface area (Å²) in [5.41, 5.74) is -0.0496. The van der Waals surface area contributed by atoms with Gasteiger partial charge >= 0.3 is 5.97 Å². The fraction of sp³-hybridized carbons (Fsp3) is 0.571. The van der Waals surface area contributed by atoms with Crippen molar-refractivity contribution in [2.75, 3.05) is 0 Å². The number of hydrogen-bond donors (Lipinski definition) is 2. The summed E-state index contributed by atoms with van der Waals surface area (Å²) in [6.45, 7) is 3.84. The zero-order valence-electron chi connectivity index (χ0n) is 11.3. The minimum atomic E-state index is -1.06. The predicted octanol–water partition coefficient (Wildman–Crippen LogP) is 2.60. The van der Waals surface area contributed by atoms with Crippen LogP contribution in [0.3, 0.4) is 0 Å². The van der Waals surface area contributed by atoms with Crippen LogP contribution in [0.4, 0.5) is 0 Å². The first-order chi connectivity index (χ1) is 9.01. The quantitative estimate of drug-likeness (QED) is 0.857. The van der Waals surface area contributed by atoms with E-state index in [1.165, 1.54) is 6.07 Å². The first-order valence-corrected chi connectivity index (χ1v) is 6.70. The van der Waals surface area contributed by atoms with Crippen molar-refractivity contribution >= 4 is 11.9 Å². The summed E-state index contributed by atoms with van der Waals surface area (Å²) in [6.07, 6.45) is 4.40. The molecule has 2 rings (SSSR count). The molecule has 1 aromatic heterocycles. The van der Waals surface area contributed by atoms with Gasteiger partial charge in [-0.1, -0.05) is 13.8 Å². The van der Waals surface area contributed by atoms with Gasteiger partial charge in [-0.15, -0.1) is 0 Å². The molecule has 5 heteroatoms. The molecular weight excluding hydrogens is 246 g/mol. The van der Waals surface area contributed by atoms with Crippen LogP contribution in [0, 0.1) is 0 Å². The molecular formula is C14H19NO4. The molecule has 1 amide bonds. The van der Waals surface area contributed by atoms with Crippen molar-refractivity contribution < 1.29 is 19.1 Å². The number of hydrogen-bond acceptors (Lipinski definition) is 3. The number of carbonyl (C=O) groups is 2. The summed E-state index contributed by atoms with van der Waals surface area (Å²) < 4.78 is 5.35. The highest BCUT2D eigenvalue weighted by molar-refractivity contribution is 5.96. The fourth-order valence-corrected chi connectivity index (χ4v) is 2.46. The molecule has 0 aliphatic heterocycles. The van der Waals surface area contributed by atoms with E-state index in [0.717, 1.165) is 25.7 Å². The van der Waals surface area contributed by atoms with E-state index in [2.05, 4.69) is 5.32 Å². The molecule has 0 atom stereocenters. The highest BCUT2D eigenvalue weighted by Crippen LogP contribution is 2.35. The Balaban J connectivity index is 2.17. The first-order valence-electron chi connectivity index (χ1n) is 6.70. The second-order valence-corrected chi connectivity index (χ2v) is 5.05. The largest absolute Gasteiger partial charge is 0.478 e. The highest BCUT2D eigenvalue weighted by Gasteiger charge is 2.37. The molecule has 0 bridgehead atoms. The van der Waals surface area contributed by atoms with E-state index in [0.29, 0.717) is 12.2 Å². The molecule has 1 aliphatic rings. The molecule has 5 nitrogen and oxygen atoms in total. The Hall–Kier alpha value is -1.78. The van der Waals surface area contributed by atoms with Crippen molar-refractivity contribution in [3.63, 3.8) is 0 Å². The second kappa shape index (κ2) is 5.07. The minimum absolute atomic E-state index is 0.0757. The highest BCUT2D eigenvalue weighted by atomic mass is 16.4. The average Bonchev–Trinajstić information content (AvgIpc) is 2.77. The van der Waals surface area contributed by atoms with Gasteiger partial charge in [-0.2, -0.15) is 0 Å². The number of aromatic carboxylic acids is 1. The van der Waals surface area contributed by atoms with Crippen molar-refractivity contribution in [1.82, 2.24) is 5.32 Å². The van der Waals surface area contributed by atoms with Crippen LogP contribution in [0.25, 0.3) is 0 Å². The Morgan fingerprint density at radius 3 is 2.47 bits per heavy atom. The summed E-state index contributed by atoms with van der Waals surface area (Å²) in [4.78, 5) is 23.2. The first kappa shape index (κ1) is 13.6. The SMILES string of the molecule is CCc1oc(C(=O)NC2(CC)CCC2)cc1C(=O)O. The molecule has 1 heterocycles. The van der Waals surface area contributed by atoms with Gasteiger partial charge in [0, 0.05) is 18.0 Å². The summed E-state index contributed by atoms with van der Waals surface area (Å²) in [7, 11) is 0. The lowest BCUT2D eigenvalue weighted by molar-refractivity contribution is 0.0693. The Bertz CT molecular complexity index is 494. The van der Waals surface area contributed by atoms with E-state index < -0.39 is 5.97 Å². The van der Waals surface area contributed by atoms with Crippen LogP contribution in [0.1, 0.15) is 66.2 Å². The standard InChI is InChI=1S/C14H19NO4/c1-3-10-9(13(17)18)8-11(19-10)12(16)15-14(4-2)6-5-7-14/h8H,3-7H2,1-2H3,(H,15,16)(H,17,18). The van der Waals surface area contributed by atoms with Gasteiger partial charge in [-0.05, 0) is 25.7 Å². The number of aryl methyl sites for hydroxylation is 1. The van der Waals surface area contributed by atoms with Crippen molar-refractivity contribution in [2.45, 2.75) is 51.5 Å². The van der Waals surface area contributed by atoms with Crippen molar-refractivity contribution in [3.05, 3.63) is 23.2 Å². The lowest BCUT2D eigenvalue weighted by Gasteiger charge is -2.41. The molecule has 0 radical (unpaired) electrons. The summed E-state index contributed by atoms with van der Waals surface area (Å²) in [5.74, 6) is -0.942. The van der Waals surface area contributed by atoms with E-state index in [1.54, 1.807) is 6.92 Å². The smallest absolute Gasteiger partial charge is 0.339 e. The van der Waals surface area contributed by atoms with Crippen LogP contribution in [0.15, 0.2) is 10.5 Å². The number of carboxylic acid groups (broad SMARTS) is 1. The topological polar surface area (TPSA) is 79.5 Å². The van der Waals surface area contributed by atoms with Crippen LogP contribution < -0.4 is 5.32 Å². The molecule has 0 aromatic carbocycles. The number of amides is 1. The van der Waals surface area contributed by atoms with Crippen molar-refractivity contribution in [3.8, 4) is 0 Å². The van der Waals surface area contributed by atoms with Gasteiger partial charge in [0.1, 0.15) is 11.3 Å². The minimum Gasteiger partial charge on any atom is -0.478 e. The Morgan fingerprint density at radius 2 is 2.11 bits per heavy atom. The number of furan rings is 1. The Labute approximate surface area is 112 Å². The van der Waals surface area contributed by atoms with Crippen LogP contribution in [-0.2, 0) is 6.42 Å². The average molecular weight is 265 g/mol. The van der Waals surface area contributed by atoms with Gasteiger partial charge in [0.2, 0.25) is 0 Å². The molecule has 0 saturated heterocycles. The normalized spacial score (nSPS) is 16.7. The molecule has 1 aromatic rings. The number of nitrogens with one attached hydrogen (secondary N) is 1. The number of rotatable bonds is 5. The van der Waals surface area contributed by atoms with Crippen LogP contribution in [0.2, 0.25) is 0 Å². The Morgan fingerprint density at radius 1 is 1.42 bits per heavy atom. The third kappa shape index (κ3) is 2.50. The maximum Gasteiger partial charge on any atom is 0.339 e. The zero-order chi connectivity index (χ0) is 14.0. The van der Waals surface area contributed by atoms with Gasteiger partial charge in [-0.25, -0.2) is 4.79 Å². The molecule has 1 saturated carbocycles. The van der Waals surface area contributed by atoms with Gasteiger partial charge in [0.25, 0.3) is 5.91 Å². The maximum atomic E-state index is 12.1. The lowest BCUT2D eigenvalue weighted by atomic mass is 9.75. The molecule has 19 heavy (non-hydrogen) atoms. The summed E-state index contributed by atoms with van der Waals surface area (Å²) in [6, 6.07) is 1.32. The maximum absolute atomic E-state index is 12.1. The number of carboxylic acids is 1. The summed E-state index contributed by atoms with van der Waals surface area (Å²) >= 11 is 0. The van der Waals surface area contributed by atoms with Crippen LogP contribution in [0.5, 0.6) is 0 Å².